The molecule has 2 aromatic rings. The monoisotopic (exact) mass is 429 g/mol. The van der Waals surface area contributed by atoms with Crippen LogP contribution >= 0.6 is 0 Å². The summed E-state index contributed by atoms with van der Waals surface area (Å²) in [4.78, 5) is 36.0. The zero-order chi connectivity index (χ0) is 23.0. The predicted octanol–water partition coefficient (Wildman–Crippen LogP) is 3.42. The molecule has 0 aliphatic carbocycles. The maximum absolute atomic E-state index is 12.5. The van der Waals surface area contributed by atoms with Gasteiger partial charge in [0.2, 0.25) is 5.91 Å². The fraction of sp³-hybridized carbons (Fsp3) is 0.318. The molecule has 0 atom stereocenters. The van der Waals surface area contributed by atoms with E-state index in [4.69, 9.17) is 14.2 Å². The lowest BCUT2D eigenvalue weighted by Gasteiger charge is -2.19. The number of hydrogen-bond donors (Lipinski definition) is 3. The van der Waals surface area contributed by atoms with Crippen LogP contribution in [0, 0.1) is 0 Å². The lowest BCUT2D eigenvalue weighted by molar-refractivity contribution is -0.115. The summed E-state index contributed by atoms with van der Waals surface area (Å²) in [5, 5.41) is 7.80. The highest BCUT2D eigenvalue weighted by atomic mass is 16.6. The molecule has 0 aliphatic rings. The van der Waals surface area contributed by atoms with Crippen molar-refractivity contribution < 1.29 is 28.6 Å². The van der Waals surface area contributed by atoms with Crippen LogP contribution < -0.4 is 25.4 Å². The van der Waals surface area contributed by atoms with Crippen molar-refractivity contribution in [2.45, 2.75) is 26.4 Å². The summed E-state index contributed by atoms with van der Waals surface area (Å²) in [6.45, 7) is 4.97. The minimum absolute atomic E-state index is 0.229. The molecule has 3 N–H and O–H groups in total. The zero-order valence-electron chi connectivity index (χ0n) is 18.2. The normalized spacial score (nSPS) is 10.6. The first-order valence-corrected chi connectivity index (χ1v) is 9.51. The zero-order valence-corrected chi connectivity index (χ0v) is 18.2. The summed E-state index contributed by atoms with van der Waals surface area (Å²) >= 11 is 0. The van der Waals surface area contributed by atoms with Crippen LogP contribution in [-0.2, 0) is 9.53 Å². The van der Waals surface area contributed by atoms with Gasteiger partial charge in [0.1, 0.15) is 12.1 Å². The van der Waals surface area contributed by atoms with E-state index < -0.39 is 17.6 Å². The van der Waals surface area contributed by atoms with Crippen LogP contribution in [0.2, 0.25) is 0 Å². The van der Waals surface area contributed by atoms with Crippen LogP contribution in [0.3, 0.4) is 0 Å². The number of nitrogens with one attached hydrogen (secondary N) is 3. The van der Waals surface area contributed by atoms with Crippen LogP contribution in [0.5, 0.6) is 11.5 Å². The van der Waals surface area contributed by atoms with Crippen molar-refractivity contribution >= 4 is 29.3 Å². The largest absolute Gasteiger partial charge is 0.493 e. The third kappa shape index (κ3) is 7.54. The maximum atomic E-state index is 12.5. The number of ether oxygens (including phenoxy) is 3. The molecule has 0 fully saturated rings. The minimum Gasteiger partial charge on any atom is -0.493 e. The average Bonchev–Trinajstić information content (AvgIpc) is 2.72. The number of benzene rings is 2. The Hall–Kier alpha value is -3.75. The summed E-state index contributed by atoms with van der Waals surface area (Å²) in [6.07, 6.45) is -0.670. The summed E-state index contributed by atoms with van der Waals surface area (Å²) in [7, 11) is 3.02. The number of carbonyl (C=O) groups is 3. The van der Waals surface area contributed by atoms with Gasteiger partial charge in [-0.25, -0.2) is 4.79 Å². The Morgan fingerprint density at radius 2 is 1.42 bits per heavy atom. The van der Waals surface area contributed by atoms with Gasteiger partial charge < -0.3 is 30.2 Å². The first-order valence-electron chi connectivity index (χ1n) is 9.51. The molecular formula is C22H27N3O6. The molecule has 0 unspecified atom stereocenters. The van der Waals surface area contributed by atoms with Gasteiger partial charge in [0, 0.05) is 16.9 Å². The minimum atomic E-state index is -0.670. The molecule has 31 heavy (non-hydrogen) atoms. The third-order valence-electron chi connectivity index (χ3n) is 3.86. The van der Waals surface area contributed by atoms with E-state index in [0.717, 1.165) is 0 Å². The van der Waals surface area contributed by atoms with Crippen molar-refractivity contribution in [3.8, 4) is 11.5 Å². The summed E-state index contributed by atoms with van der Waals surface area (Å²) < 4.78 is 15.4. The highest BCUT2D eigenvalue weighted by Crippen LogP contribution is 2.28. The molecule has 0 spiro atoms. The van der Waals surface area contributed by atoms with Crippen molar-refractivity contribution in [3.05, 3.63) is 48.0 Å². The van der Waals surface area contributed by atoms with Crippen LogP contribution in [0.4, 0.5) is 16.2 Å². The SMILES string of the molecule is COc1ccc(C(=O)Nc2ccc(NC(=O)CNC(=O)OC(C)(C)C)cc2)cc1OC. The standard InChI is InChI=1S/C22H27N3O6/c1-22(2,3)31-21(28)23-13-19(26)24-15-7-9-16(10-8-15)25-20(27)14-6-11-17(29-4)18(12-14)30-5/h6-12H,13H2,1-5H3,(H,23,28)(H,24,26)(H,25,27). The molecule has 0 aromatic heterocycles. The lowest BCUT2D eigenvalue weighted by atomic mass is 10.1. The molecule has 9 heteroatoms. The summed E-state index contributed by atoms with van der Waals surface area (Å²) in [5.74, 6) is 0.251. The van der Waals surface area contributed by atoms with Crippen LogP contribution in [0.1, 0.15) is 31.1 Å². The Morgan fingerprint density at radius 3 is 1.97 bits per heavy atom. The smallest absolute Gasteiger partial charge is 0.408 e. The van der Waals surface area contributed by atoms with E-state index in [-0.39, 0.29) is 12.5 Å². The van der Waals surface area contributed by atoms with Crippen molar-refractivity contribution in [3.63, 3.8) is 0 Å². The number of methoxy groups -OCH3 is 2. The fourth-order valence-corrected chi connectivity index (χ4v) is 2.49. The first-order chi connectivity index (χ1) is 14.6. The number of alkyl carbamates (subject to hydrolysis) is 1. The van der Waals surface area contributed by atoms with Gasteiger partial charge in [-0.05, 0) is 63.2 Å². The Balaban J connectivity index is 1.89. The number of rotatable bonds is 7. The second-order valence-corrected chi connectivity index (χ2v) is 7.50. The Labute approximate surface area is 181 Å². The van der Waals surface area contributed by atoms with E-state index >= 15 is 0 Å². The predicted molar refractivity (Wildman–Crippen MR) is 117 cm³/mol. The molecule has 166 valence electrons. The van der Waals surface area contributed by atoms with E-state index in [2.05, 4.69) is 16.0 Å². The molecule has 0 bridgehead atoms. The van der Waals surface area contributed by atoms with E-state index in [1.807, 2.05) is 0 Å². The molecule has 0 saturated heterocycles. The van der Waals surface area contributed by atoms with Crippen LogP contribution in [0.15, 0.2) is 42.5 Å². The topological polar surface area (TPSA) is 115 Å². The molecule has 0 aliphatic heterocycles. The maximum Gasteiger partial charge on any atom is 0.408 e. The van der Waals surface area contributed by atoms with Crippen molar-refractivity contribution in [1.82, 2.24) is 5.32 Å². The van der Waals surface area contributed by atoms with Gasteiger partial charge in [-0.15, -0.1) is 0 Å². The second kappa shape index (κ2) is 10.3. The Bertz CT molecular complexity index is 935. The second-order valence-electron chi connectivity index (χ2n) is 7.50. The van der Waals surface area contributed by atoms with Gasteiger partial charge in [-0.1, -0.05) is 0 Å². The number of amides is 3. The van der Waals surface area contributed by atoms with Gasteiger partial charge in [0.25, 0.3) is 5.91 Å². The highest BCUT2D eigenvalue weighted by molar-refractivity contribution is 6.04. The Kier molecular flexibility index (Phi) is 7.84. The molecule has 9 nitrogen and oxygen atoms in total. The van der Waals surface area contributed by atoms with E-state index in [9.17, 15) is 14.4 Å². The van der Waals surface area contributed by atoms with Gasteiger partial charge in [-0.2, -0.15) is 0 Å². The molecule has 2 aromatic carbocycles. The van der Waals surface area contributed by atoms with Crippen molar-refractivity contribution in [2.75, 3.05) is 31.4 Å². The third-order valence-corrected chi connectivity index (χ3v) is 3.86. The van der Waals surface area contributed by atoms with Gasteiger partial charge in [0.15, 0.2) is 11.5 Å². The average molecular weight is 429 g/mol. The first kappa shape index (κ1) is 23.5. The molecule has 0 saturated carbocycles. The van der Waals surface area contributed by atoms with E-state index in [1.54, 1.807) is 63.2 Å². The van der Waals surface area contributed by atoms with E-state index in [0.29, 0.717) is 28.4 Å². The highest BCUT2D eigenvalue weighted by Gasteiger charge is 2.16. The van der Waals surface area contributed by atoms with Gasteiger partial charge >= 0.3 is 6.09 Å². The number of carbonyl (C=O) groups excluding carboxylic acids is 3. The molecule has 3 amide bonds. The Morgan fingerprint density at radius 1 is 0.839 bits per heavy atom. The molecular weight excluding hydrogens is 402 g/mol. The van der Waals surface area contributed by atoms with Crippen molar-refractivity contribution in [2.24, 2.45) is 0 Å². The van der Waals surface area contributed by atoms with Crippen molar-refractivity contribution in [1.29, 1.82) is 0 Å². The van der Waals surface area contributed by atoms with Gasteiger partial charge in [-0.3, -0.25) is 9.59 Å². The molecule has 0 radical (unpaired) electrons. The number of anilines is 2. The van der Waals surface area contributed by atoms with Gasteiger partial charge in [0.05, 0.1) is 14.2 Å². The summed E-state index contributed by atoms with van der Waals surface area (Å²) in [5.41, 5.74) is 0.825. The lowest BCUT2D eigenvalue weighted by Crippen LogP contribution is -2.37. The quantitative estimate of drug-likeness (QED) is 0.621. The molecule has 0 heterocycles. The molecule has 2 rings (SSSR count). The van der Waals surface area contributed by atoms with Crippen LogP contribution in [-0.4, -0.2) is 44.3 Å². The fourth-order valence-electron chi connectivity index (χ4n) is 2.49. The number of hydrogen-bond acceptors (Lipinski definition) is 6. The van der Waals surface area contributed by atoms with Crippen LogP contribution in [0.25, 0.3) is 0 Å². The van der Waals surface area contributed by atoms with E-state index in [1.165, 1.54) is 14.2 Å². The summed E-state index contributed by atoms with van der Waals surface area (Å²) in [6, 6.07) is 11.4.